The Hall–Kier alpha value is -2.18. The van der Waals surface area contributed by atoms with Crippen molar-refractivity contribution in [3.63, 3.8) is 0 Å². The number of anilines is 1. The lowest BCUT2D eigenvalue weighted by atomic mass is 10.2. The van der Waals surface area contributed by atoms with Gasteiger partial charge in [0.1, 0.15) is 0 Å². The summed E-state index contributed by atoms with van der Waals surface area (Å²) in [5, 5.41) is 19.2. The molecule has 0 aliphatic rings. The van der Waals surface area contributed by atoms with Crippen LogP contribution in [0, 0.1) is 10.1 Å². The van der Waals surface area contributed by atoms with Crippen molar-refractivity contribution in [1.82, 2.24) is 4.98 Å². The van der Waals surface area contributed by atoms with E-state index in [0.29, 0.717) is 13.0 Å². The molecule has 7 nitrogen and oxygen atoms in total. The highest BCUT2D eigenvalue weighted by Gasteiger charge is 2.14. The van der Waals surface area contributed by atoms with Gasteiger partial charge in [0, 0.05) is 25.1 Å². The van der Waals surface area contributed by atoms with Gasteiger partial charge >= 0.3 is 11.8 Å². The van der Waals surface area contributed by atoms with Gasteiger partial charge in [0.2, 0.25) is 0 Å². The van der Waals surface area contributed by atoms with Crippen LogP contribution in [0.4, 0.5) is 11.5 Å². The van der Waals surface area contributed by atoms with Gasteiger partial charge in [-0.05, 0) is 36.2 Å². The molecule has 0 atom stereocenters. The van der Waals surface area contributed by atoms with Crippen molar-refractivity contribution in [2.45, 2.75) is 32.7 Å². The first-order valence-corrected chi connectivity index (χ1v) is 6.00. The van der Waals surface area contributed by atoms with Crippen LogP contribution < -0.4 is 4.90 Å². The van der Waals surface area contributed by atoms with Crippen LogP contribution in [-0.4, -0.2) is 33.6 Å². The Bertz CT molecular complexity index is 445. The highest BCUT2D eigenvalue weighted by atomic mass is 16.6. The first-order chi connectivity index (χ1) is 8.91. The van der Waals surface area contributed by atoms with Gasteiger partial charge in [-0.3, -0.25) is 4.79 Å². The normalized spacial score (nSPS) is 10.5. The summed E-state index contributed by atoms with van der Waals surface area (Å²) in [4.78, 5) is 26.2. The SMILES string of the molecule is CC(C)N(CCCC(=O)O)c1ccc([N+](=O)[O-])nc1. The molecule has 1 aromatic rings. The first kappa shape index (κ1) is 14.9. The summed E-state index contributed by atoms with van der Waals surface area (Å²) >= 11 is 0. The number of hydrogen-bond donors (Lipinski definition) is 1. The number of aromatic nitrogens is 1. The molecule has 104 valence electrons. The zero-order valence-corrected chi connectivity index (χ0v) is 10.9. The molecule has 1 heterocycles. The number of carboxylic acids is 1. The van der Waals surface area contributed by atoms with E-state index in [4.69, 9.17) is 5.11 Å². The van der Waals surface area contributed by atoms with Crippen LogP contribution in [0.25, 0.3) is 0 Å². The van der Waals surface area contributed by atoms with Crippen LogP contribution in [0.5, 0.6) is 0 Å². The van der Waals surface area contributed by atoms with Crippen molar-refractivity contribution in [2.75, 3.05) is 11.4 Å². The molecule has 7 heteroatoms. The van der Waals surface area contributed by atoms with Gasteiger partial charge in [0.05, 0.1) is 5.69 Å². The van der Waals surface area contributed by atoms with E-state index < -0.39 is 10.9 Å². The third-order valence-electron chi connectivity index (χ3n) is 2.66. The zero-order chi connectivity index (χ0) is 14.4. The molecule has 1 rings (SSSR count). The van der Waals surface area contributed by atoms with Crippen LogP contribution in [0.1, 0.15) is 26.7 Å². The molecule has 0 saturated carbocycles. The molecule has 0 bridgehead atoms. The van der Waals surface area contributed by atoms with E-state index in [9.17, 15) is 14.9 Å². The number of nitrogens with zero attached hydrogens (tertiary/aromatic N) is 3. The molecule has 0 unspecified atom stereocenters. The highest BCUT2D eigenvalue weighted by molar-refractivity contribution is 5.66. The first-order valence-electron chi connectivity index (χ1n) is 6.00. The number of carbonyl (C=O) groups is 1. The van der Waals surface area contributed by atoms with Crippen LogP contribution in [0.15, 0.2) is 18.3 Å². The van der Waals surface area contributed by atoms with Crippen molar-refractivity contribution in [3.05, 3.63) is 28.4 Å². The molecule has 1 N–H and O–H groups in total. The second kappa shape index (κ2) is 6.67. The molecule has 0 fully saturated rings. The van der Waals surface area contributed by atoms with Crippen molar-refractivity contribution in [3.8, 4) is 0 Å². The van der Waals surface area contributed by atoms with Gasteiger partial charge in [0.25, 0.3) is 0 Å². The summed E-state index contributed by atoms with van der Waals surface area (Å²) in [6.45, 7) is 4.52. The van der Waals surface area contributed by atoms with Gasteiger partial charge in [-0.25, -0.2) is 0 Å². The molecular weight excluding hydrogens is 250 g/mol. The van der Waals surface area contributed by atoms with Crippen molar-refractivity contribution in [1.29, 1.82) is 0 Å². The lowest BCUT2D eigenvalue weighted by molar-refractivity contribution is -0.389. The van der Waals surface area contributed by atoms with Crippen molar-refractivity contribution in [2.24, 2.45) is 0 Å². The summed E-state index contributed by atoms with van der Waals surface area (Å²) in [7, 11) is 0. The van der Waals surface area contributed by atoms with E-state index in [0.717, 1.165) is 5.69 Å². The zero-order valence-electron chi connectivity index (χ0n) is 10.9. The Morgan fingerprint density at radius 2 is 2.21 bits per heavy atom. The van der Waals surface area contributed by atoms with Crippen molar-refractivity contribution < 1.29 is 14.8 Å². The minimum absolute atomic E-state index is 0.101. The van der Waals surface area contributed by atoms with Crippen LogP contribution in [0.2, 0.25) is 0 Å². The third-order valence-corrected chi connectivity index (χ3v) is 2.66. The van der Waals surface area contributed by atoms with E-state index in [-0.39, 0.29) is 18.3 Å². The molecule has 0 aromatic carbocycles. The Labute approximate surface area is 111 Å². The molecule has 1 aromatic heterocycles. The summed E-state index contributed by atoms with van der Waals surface area (Å²) < 4.78 is 0. The summed E-state index contributed by atoms with van der Waals surface area (Å²) in [5.74, 6) is -1.02. The number of nitro groups is 1. The Morgan fingerprint density at radius 1 is 1.53 bits per heavy atom. The Balaban J connectivity index is 2.75. The lowest BCUT2D eigenvalue weighted by Gasteiger charge is -2.27. The maximum absolute atomic E-state index is 10.5. The Kier molecular flexibility index (Phi) is 5.23. The topological polar surface area (TPSA) is 96.6 Å². The predicted molar refractivity (Wildman–Crippen MR) is 70.2 cm³/mol. The van der Waals surface area contributed by atoms with Gasteiger partial charge in [-0.2, -0.15) is 0 Å². The summed E-state index contributed by atoms with van der Waals surface area (Å²) in [6, 6.07) is 3.14. The average molecular weight is 267 g/mol. The maximum atomic E-state index is 10.5. The lowest BCUT2D eigenvalue weighted by Crippen LogP contribution is -2.32. The molecule has 0 aliphatic carbocycles. The molecule has 0 saturated heterocycles. The highest BCUT2D eigenvalue weighted by Crippen LogP contribution is 2.19. The largest absolute Gasteiger partial charge is 0.481 e. The number of carboxylic acid groups (broad SMARTS) is 1. The second-order valence-electron chi connectivity index (χ2n) is 4.42. The van der Waals surface area contributed by atoms with E-state index in [1.807, 2.05) is 18.7 Å². The molecule has 0 spiro atoms. The Morgan fingerprint density at radius 3 is 2.63 bits per heavy atom. The second-order valence-corrected chi connectivity index (χ2v) is 4.42. The molecule has 0 radical (unpaired) electrons. The summed E-state index contributed by atoms with van der Waals surface area (Å²) in [6.07, 6.45) is 2.06. The van der Waals surface area contributed by atoms with Gasteiger partial charge in [0.15, 0.2) is 6.20 Å². The fourth-order valence-electron chi connectivity index (χ4n) is 1.74. The molecular formula is C12H17N3O4. The van der Waals surface area contributed by atoms with Gasteiger partial charge in [-0.15, -0.1) is 0 Å². The van der Waals surface area contributed by atoms with Gasteiger partial charge < -0.3 is 20.1 Å². The van der Waals surface area contributed by atoms with Crippen molar-refractivity contribution >= 4 is 17.5 Å². The quantitative estimate of drug-likeness (QED) is 0.600. The van der Waals surface area contributed by atoms with Crippen LogP contribution >= 0.6 is 0 Å². The van der Waals surface area contributed by atoms with E-state index >= 15 is 0 Å². The van der Waals surface area contributed by atoms with E-state index in [2.05, 4.69) is 4.98 Å². The minimum atomic E-state index is -0.828. The molecule has 0 aliphatic heterocycles. The average Bonchev–Trinajstić information content (AvgIpc) is 2.34. The monoisotopic (exact) mass is 267 g/mol. The number of rotatable bonds is 7. The standard InChI is InChI=1S/C12H17N3O4/c1-9(2)14(7-3-4-12(16)17)10-5-6-11(13-8-10)15(18)19/h5-6,8-9H,3-4,7H2,1-2H3,(H,16,17). The van der Waals surface area contributed by atoms with E-state index in [1.54, 1.807) is 6.07 Å². The van der Waals surface area contributed by atoms with Crippen LogP contribution in [0.3, 0.4) is 0 Å². The van der Waals surface area contributed by atoms with E-state index in [1.165, 1.54) is 12.3 Å². The maximum Gasteiger partial charge on any atom is 0.363 e. The fraction of sp³-hybridized carbons (Fsp3) is 0.500. The van der Waals surface area contributed by atoms with Gasteiger partial charge in [-0.1, -0.05) is 0 Å². The summed E-state index contributed by atoms with van der Waals surface area (Å²) in [5.41, 5.74) is 0.756. The number of hydrogen-bond acceptors (Lipinski definition) is 5. The predicted octanol–water partition coefficient (Wildman–Crippen LogP) is 2.07. The number of aliphatic carboxylic acids is 1. The third kappa shape index (κ3) is 4.53. The minimum Gasteiger partial charge on any atom is -0.481 e. The molecule has 19 heavy (non-hydrogen) atoms. The number of pyridine rings is 1. The smallest absolute Gasteiger partial charge is 0.363 e. The molecule has 0 amide bonds. The fourth-order valence-corrected chi connectivity index (χ4v) is 1.74. The van der Waals surface area contributed by atoms with Crippen LogP contribution in [-0.2, 0) is 4.79 Å².